The molecule has 0 amide bonds. The smallest absolute Gasteiger partial charge is 0.152 e. The molecule has 0 spiro atoms. The summed E-state index contributed by atoms with van der Waals surface area (Å²) >= 11 is 0. The van der Waals surface area contributed by atoms with Crippen molar-refractivity contribution >= 4 is 0 Å². The number of benzene rings is 1. The van der Waals surface area contributed by atoms with Crippen molar-refractivity contribution in [1.82, 2.24) is 19.8 Å². The van der Waals surface area contributed by atoms with E-state index in [1.807, 2.05) is 60.8 Å². The van der Waals surface area contributed by atoms with Crippen molar-refractivity contribution in [3.63, 3.8) is 0 Å². The highest BCUT2D eigenvalue weighted by Gasteiger charge is 2.43. The molecule has 3 aromatic rings. The summed E-state index contributed by atoms with van der Waals surface area (Å²) < 4.78 is 18.8. The molecule has 5 heteroatoms. The van der Waals surface area contributed by atoms with Gasteiger partial charge in [0.25, 0.3) is 0 Å². The molecule has 1 aliphatic carbocycles. The summed E-state index contributed by atoms with van der Waals surface area (Å²) in [7, 11) is 0. The van der Waals surface area contributed by atoms with Gasteiger partial charge in [0.05, 0.1) is 11.7 Å². The van der Waals surface area contributed by atoms with E-state index in [1.165, 1.54) is 0 Å². The van der Waals surface area contributed by atoms with E-state index in [4.69, 9.17) is 0 Å². The molecular formula is C27H29FN4. The molecule has 1 saturated heterocycles. The Morgan fingerprint density at radius 3 is 2.50 bits per heavy atom. The van der Waals surface area contributed by atoms with Crippen molar-refractivity contribution in [3.8, 4) is 17.1 Å². The van der Waals surface area contributed by atoms with Crippen LogP contribution in [0.4, 0.5) is 4.39 Å². The first-order valence-corrected chi connectivity index (χ1v) is 11.3. The van der Waals surface area contributed by atoms with Crippen molar-refractivity contribution in [1.29, 1.82) is 0 Å². The third kappa shape index (κ3) is 3.83. The van der Waals surface area contributed by atoms with Gasteiger partial charge in [-0.25, -0.2) is 9.37 Å². The number of halogens is 1. The maximum Gasteiger partial charge on any atom is 0.152 e. The molecule has 0 radical (unpaired) electrons. The highest BCUT2D eigenvalue weighted by Crippen LogP contribution is 2.44. The van der Waals surface area contributed by atoms with E-state index in [0.29, 0.717) is 6.42 Å². The van der Waals surface area contributed by atoms with Crippen LogP contribution >= 0.6 is 0 Å². The van der Waals surface area contributed by atoms with E-state index in [2.05, 4.69) is 44.9 Å². The van der Waals surface area contributed by atoms with Crippen LogP contribution < -0.4 is 5.32 Å². The Bertz CT molecular complexity index is 1110. The molecule has 2 aliphatic rings. The Balaban J connectivity index is 1.71. The Kier molecular flexibility index (Phi) is 5.77. The molecule has 4 nitrogen and oxygen atoms in total. The molecule has 2 atom stereocenters. The van der Waals surface area contributed by atoms with Crippen molar-refractivity contribution in [3.05, 3.63) is 96.4 Å². The Hall–Kier alpha value is -3.02. The minimum absolute atomic E-state index is 0.363. The van der Waals surface area contributed by atoms with Crippen LogP contribution in [0.2, 0.25) is 0 Å². The second-order valence-corrected chi connectivity index (χ2v) is 8.57. The Labute approximate surface area is 189 Å². The summed E-state index contributed by atoms with van der Waals surface area (Å²) in [6.45, 7) is 5.48. The van der Waals surface area contributed by atoms with Crippen LogP contribution in [-0.4, -0.2) is 46.3 Å². The van der Waals surface area contributed by atoms with Gasteiger partial charge in [0.2, 0.25) is 0 Å². The van der Waals surface area contributed by atoms with Gasteiger partial charge in [-0.2, -0.15) is 0 Å². The Morgan fingerprint density at radius 2 is 1.81 bits per heavy atom. The first kappa shape index (κ1) is 20.9. The summed E-state index contributed by atoms with van der Waals surface area (Å²) in [5, 5.41) is 3.41. The average molecular weight is 429 g/mol. The van der Waals surface area contributed by atoms with Gasteiger partial charge in [-0.3, -0.25) is 9.47 Å². The fourth-order valence-corrected chi connectivity index (χ4v) is 5.02. The van der Waals surface area contributed by atoms with Gasteiger partial charge in [-0.15, -0.1) is 0 Å². The lowest BCUT2D eigenvalue weighted by molar-refractivity contribution is 0.0494. The average Bonchev–Trinajstić information content (AvgIpc) is 3.18. The second kappa shape index (κ2) is 8.85. The SMILES string of the molecule is Cc1c(C(N2CCNCC2)C2(F)C=CC=CC2)cc(-c2ccccc2)n1-c1ccccn1. The number of nitrogens with zero attached hydrogens (tertiary/aromatic N) is 3. The van der Waals surface area contributed by atoms with Crippen LogP contribution in [0.1, 0.15) is 23.7 Å². The lowest BCUT2D eigenvalue weighted by Gasteiger charge is -2.42. The van der Waals surface area contributed by atoms with Crippen LogP contribution in [0.15, 0.2) is 85.1 Å². The highest BCUT2D eigenvalue weighted by atomic mass is 19.1. The quantitative estimate of drug-likeness (QED) is 0.620. The highest BCUT2D eigenvalue weighted by molar-refractivity contribution is 5.65. The fourth-order valence-electron chi connectivity index (χ4n) is 5.02. The molecule has 32 heavy (non-hydrogen) atoms. The fraction of sp³-hybridized carbons (Fsp3) is 0.296. The van der Waals surface area contributed by atoms with Gasteiger partial charge >= 0.3 is 0 Å². The lowest BCUT2D eigenvalue weighted by atomic mass is 9.83. The second-order valence-electron chi connectivity index (χ2n) is 8.57. The zero-order valence-corrected chi connectivity index (χ0v) is 18.4. The number of hydrogen-bond acceptors (Lipinski definition) is 3. The van der Waals surface area contributed by atoms with Crippen molar-refractivity contribution in [2.45, 2.75) is 25.1 Å². The number of hydrogen-bond donors (Lipinski definition) is 1. The van der Waals surface area contributed by atoms with Crippen LogP contribution in [0.3, 0.4) is 0 Å². The standard InChI is InChI=1S/C27H29FN4/c1-21-23(26(31-18-16-29-17-19-31)27(28)13-7-3-8-14-27)20-24(22-10-4-2-5-11-22)32(21)25-12-6-9-15-30-25/h2-13,15,20,26,29H,14,16-19H2,1H3. The normalized spacial score (nSPS) is 22.2. The molecule has 2 aromatic heterocycles. The van der Waals surface area contributed by atoms with Gasteiger partial charge < -0.3 is 5.32 Å². The molecule has 1 N–H and O–H groups in total. The predicted molar refractivity (Wildman–Crippen MR) is 128 cm³/mol. The van der Waals surface area contributed by atoms with E-state index in [-0.39, 0.29) is 6.04 Å². The van der Waals surface area contributed by atoms with E-state index in [0.717, 1.165) is 54.5 Å². The molecular weight excluding hydrogens is 399 g/mol. The van der Waals surface area contributed by atoms with Crippen LogP contribution in [-0.2, 0) is 0 Å². The summed E-state index contributed by atoms with van der Waals surface area (Å²) in [6.07, 6.45) is 9.67. The predicted octanol–water partition coefficient (Wildman–Crippen LogP) is 5.02. The number of aromatic nitrogens is 2. The third-order valence-electron chi connectivity index (χ3n) is 6.55. The summed E-state index contributed by atoms with van der Waals surface area (Å²) in [5.74, 6) is 0.848. The molecule has 164 valence electrons. The number of alkyl halides is 1. The van der Waals surface area contributed by atoms with E-state index >= 15 is 4.39 Å². The van der Waals surface area contributed by atoms with Gasteiger partial charge in [-0.1, -0.05) is 54.6 Å². The molecule has 3 heterocycles. The summed E-state index contributed by atoms with van der Waals surface area (Å²) in [4.78, 5) is 6.94. The maximum absolute atomic E-state index is 16.6. The molecule has 1 fully saturated rings. The van der Waals surface area contributed by atoms with E-state index in [1.54, 1.807) is 6.08 Å². The van der Waals surface area contributed by atoms with Crippen LogP contribution in [0, 0.1) is 6.92 Å². The Morgan fingerprint density at radius 1 is 1.03 bits per heavy atom. The molecule has 1 aliphatic heterocycles. The van der Waals surface area contributed by atoms with Crippen molar-refractivity contribution in [2.24, 2.45) is 0 Å². The van der Waals surface area contributed by atoms with Gasteiger partial charge in [0.1, 0.15) is 5.82 Å². The maximum atomic E-state index is 16.6. The molecule has 1 aromatic carbocycles. The number of piperazine rings is 1. The molecule has 0 saturated carbocycles. The number of nitrogens with one attached hydrogen (secondary N) is 1. The van der Waals surface area contributed by atoms with E-state index < -0.39 is 5.67 Å². The zero-order chi connectivity index (χ0) is 22.0. The van der Waals surface area contributed by atoms with E-state index in [9.17, 15) is 0 Å². The topological polar surface area (TPSA) is 33.1 Å². The van der Waals surface area contributed by atoms with Crippen molar-refractivity contribution < 1.29 is 4.39 Å². The molecule has 0 bridgehead atoms. The number of allylic oxidation sites excluding steroid dienone is 3. The number of pyridine rings is 1. The summed E-state index contributed by atoms with van der Waals surface area (Å²) in [5.41, 5.74) is 2.74. The van der Waals surface area contributed by atoms with Crippen molar-refractivity contribution in [2.75, 3.05) is 26.2 Å². The zero-order valence-electron chi connectivity index (χ0n) is 18.4. The monoisotopic (exact) mass is 428 g/mol. The summed E-state index contributed by atoms with van der Waals surface area (Å²) in [6, 6.07) is 18.1. The number of rotatable bonds is 5. The van der Waals surface area contributed by atoms with Crippen LogP contribution in [0.25, 0.3) is 17.1 Å². The van der Waals surface area contributed by atoms with Gasteiger partial charge in [0, 0.05) is 44.5 Å². The van der Waals surface area contributed by atoms with Crippen LogP contribution in [0.5, 0.6) is 0 Å². The minimum atomic E-state index is -1.46. The lowest BCUT2D eigenvalue weighted by Crippen LogP contribution is -2.51. The first-order valence-electron chi connectivity index (χ1n) is 11.3. The molecule has 5 rings (SSSR count). The van der Waals surface area contributed by atoms with Gasteiger partial charge in [0.15, 0.2) is 5.67 Å². The van der Waals surface area contributed by atoms with Gasteiger partial charge in [-0.05, 0) is 42.3 Å². The molecule has 2 unspecified atom stereocenters. The minimum Gasteiger partial charge on any atom is -0.314 e. The first-order chi connectivity index (χ1) is 15.7. The largest absolute Gasteiger partial charge is 0.314 e. The third-order valence-corrected chi connectivity index (χ3v) is 6.55.